The van der Waals surface area contributed by atoms with Crippen molar-refractivity contribution < 1.29 is 4.84 Å². The van der Waals surface area contributed by atoms with Crippen LogP contribution in [-0.4, -0.2) is 37.4 Å². The average Bonchev–Trinajstić information content (AvgIpc) is 2.27. The van der Waals surface area contributed by atoms with Crippen LogP contribution in [0, 0.1) is 23.2 Å². The van der Waals surface area contributed by atoms with E-state index in [1.165, 1.54) is 33.0 Å². The molecule has 76 valence electrons. The van der Waals surface area contributed by atoms with Gasteiger partial charge < -0.3 is 9.74 Å². The van der Waals surface area contributed by atoms with Crippen molar-refractivity contribution in [3.8, 4) is 6.07 Å². The van der Waals surface area contributed by atoms with Crippen LogP contribution in [0.3, 0.4) is 0 Å². The summed E-state index contributed by atoms with van der Waals surface area (Å²) >= 11 is 0. The molecule has 14 heavy (non-hydrogen) atoms. The molecule has 0 aromatic carbocycles. The molecule has 0 aromatic heterocycles. The second-order valence-electron chi connectivity index (χ2n) is 4.02. The van der Waals surface area contributed by atoms with Gasteiger partial charge in [0, 0.05) is 12.5 Å². The summed E-state index contributed by atoms with van der Waals surface area (Å²) in [4.78, 5) is 7.11. The van der Waals surface area contributed by atoms with E-state index in [1.807, 2.05) is 0 Å². The Morgan fingerprint density at radius 1 is 1.50 bits per heavy atom. The van der Waals surface area contributed by atoms with E-state index < -0.39 is 0 Å². The minimum absolute atomic E-state index is 0.308. The van der Waals surface area contributed by atoms with E-state index >= 15 is 0 Å². The van der Waals surface area contributed by atoms with Crippen LogP contribution in [0.25, 0.3) is 0 Å². The highest BCUT2D eigenvalue weighted by Gasteiger charge is 2.37. The summed E-state index contributed by atoms with van der Waals surface area (Å²) in [7, 11) is 1.50. The highest BCUT2D eigenvalue weighted by Crippen LogP contribution is 2.33. The molecule has 3 fully saturated rings. The Labute approximate surface area is 84.1 Å². The van der Waals surface area contributed by atoms with Gasteiger partial charge in [0.05, 0.1) is 0 Å². The van der Waals surface area contributed by atoms with Crippen LogP contribution in [0.15, 0.2) is 5.16 Å². The monoisotopic (exact) mass is 193 g/mol. The first-order chi connectivity index (χ1) is 6.85. The normalized spacial score (nSPS) is 36.6. The number of fused-ring (bicyclic) bond motifs is 3. The third-order valence-corrected chi connectivity index (χ3v) is 3.31. The smallest absolute Gasteiger partial charge is 0.161 e. The van der Waals surface area contributed by atoms with Gasteiger partial charge in [-0.2, -0.15) is 5.26 Å². The van der Waals surface area contributed by atoms with Crippen molar-refractivity contribution in [2.24, 2.45) is 17.0 Å². The molecule has 0 N–H and O–H groups in total. The standard InChI is InChI=1S/C10H15N3O/c1-14-12-10(6-11)9-7-13-4-2-8(9)3-5-13/h8-9H,2-5,7H2,1H3/b12-10-/t9-/m1/s1. The lowest BCUT2D eigenvalue weighted by Gasteiger charge is -2.43. The molecule has 3 aliphatic rings. The van der Waals surface area contributed by atoms with Crippen molar-refractivity contribution in [3.05, 3.63) is 0 Å². The van der Waals surface area contributed by atoms with Gasteiger partial charge in [0.15, 0.2) is 5.71 Å². The molecule has 0 radical (unpaired) electrons. The van der Waals surface area contributed by atoms with E-state index in [9.17, 15) is 0 Å². The summed E-state index contributed by atoms with van der Waals surface area (Å²) in [6.07, 6.45) is 2.41. The van der Waals surface area contributed by atoms with Gasteiger partial charge in [0.1, 0.15) is 13.2 Å². The lowest BCUT2D eigenvalue weighted by atomic mass is 9.77. The van der Waals surface area contributed by atoms with Crippen LogP contribution in [-0.2, 0) is 4.84 Å². The van der Waals surface area contributed by atoms with Crippen LogP contribution in [0.5, 0.6) is 0 Å². The van der Waals surface area contributed by atoms with Crippen molar-refractivity contribution in [3.63, 3.8) is 0 Å². The summed E-state index contributed by atoms with van der Waals surface area (Å²) < 4.78 is 0. The van der Waals surface area contributed by atoms with Crippen molar-refractivity contribution in [2.75, 3.05) is 26.7 Å². The molecule has 0 aromatic rings. The summed E-state index contributed by atoms with van der Waals surface area (Å²) in [6, 6.07) is 2.16. The van der Waals surface area contributed by atoms with Crippen LogP contribution in [0.1, 0.15) is 12.8 Å². The summed E-state index contributed by atoms with van der Waals surface area (Å²) in [5.41, 5.74) is 0.571. The Bertz CT molecular complexity index is 274. The van der Waals surface area contributed by atoms with E-state index in [-0.39, 0.29) is 0 Å². The molecule has 0 saturated carbocycles. The average molecular weight is 193 g/mol. The molecule has 3 heterocycles. The molecular weight excluding hydrogens is 178 g/mol. The molecule has 2 bridgehead atoms. The molecule has 1 atom stereocenters. The van der Waals surface area contributed by atoms with Crippen LogP contribution >= 0.6 is 0 Å². The highest BCUT2D eigenvalue weighted by molar-refractivity contribution is 6.00. The number of oxime groups is 1. The molecule has 0 amide bonds. The zero-order valence-electron chi connectivity index (χ0n) is 8.44. The lowest BCUT2D eigenvalue weighted by molar-refractivity contribution is 0.0800. The van der Waals surface area contributed by atoms with Gasteiger partial charge in [0.2, 0.25) is 0 Å². The summed E-state index contributed by atoms with van der Waals surface area (Å²) in [6.45, 7) is 3.36. The lowest BCUT2D eigenvalue weighted by Crippen LogP contribution is -2.49. The first kappa shape index (κ1) is 9.47. The molecule has 4 nitrogen and oxygen atoms in total. The minimum atomic E-state index is 0.308. The number of nitriles is 1. The summed E-state index contributed by atoms with van der Waals surface area (Å²) in [5, 5.41) is 12.8. The Morgan fingerprint density at radius 3 is 2.64 bits per heavy atom. The molecule has 0 unspecified atom stereocenters. The van der Waals surface area contributed by atoms with E-state index in [0.29, 0.717) is 17.5 Å². The maximum atomic E-state index is 8.96. The van der Waals surface area contributed by atoms with Crippen molar-refractivity contribution in [1.29, 1.82) is 5.26 Å². The van der Waals surface area contributed by atoms with Crippen molar-refractivity contribution >= 4 is 5.71 Å². The van der Waals surface area contributed by atoms with Gasteiger partial charge in [-0.15, -0.1) is 0 Å². The predicted octanol–water partition coefficient (Wildman–Crippen LogP) is 0.854. The SMILES string of the molecule is CO/N=C(/C#N)[C@@H]1CN2CCC1CC2. The fraction of sp³-hybridized carbons (Fsp3) is 0.800. The zero-order valence-corrected chi connectivity index (χ0v) is 8.44. The van der Waals surface area contributed by atoms with E-state index in [2.05, 4.69) is 16.1 Å². The fourth-order valence-electron chi connectivity index (χ4n) is 2.54. The van der Waals surface area contributed by atoms with Gasteiger partial charge in [-0.05, 0) is 31.8 Å². The third kappa shape index (κ3) is 1.60. The number of piperidine rings is 3. The maximum Gasteiger partial charge on any atom is 0.161 e. The molecule has 3 saturated heterocycles. The van der Waals surface area contributed by atoms with Gasteiger partial charge in [0.25, 0.3) is 0 Å². The first-order valence-corrected chi connectivity index (χ1v) is 5.08. The van der Waals surface area contributed by atoms with Crippen LogP contribution in [0.4, 0.5) is 0 Å². The molecule has 3 aliphatic heterocycles. The highest BCUT2D eigenvalue weighted by atomic mass is 16.6. The van der Waals surface area contributed by atoms with Gasteiger partial charge in [-0.1, -0.05) is 5.16 Å². The number of nitrogens with zero attached hydrogens (tertiary/aromatic N) is 3. The van der Waals surface area contributed by atoms with Crippen molar-refractivity contribution in [2.45, 2.75) is 12.8 Å². The van der Waals surface area contributed by atoms with Gasteiger partial charge in [-0.3, -0.25) is 0 Å². The Morgan fingerprint density at radius 2 is 2.21 bits per heavy atom. The van der Waals surface area contributed by atoms with Crippen molar-refractivity contribution in [1.82, 2.24) is 4.90 Å². The third-order valence-electron chi connectivity index (χ3n) is 3.31. The number of rotatable bonds is 2. The van der Waals surface area contributed by atoms with E-state index in [1.54, 1.807) is 0 Å². The predicted molar refractivity (Wildman–Crippen MR) is 52.7 cm³/mol. The fourth-order valence-corrected chi connectivity index (χ4v) is 2.54. The molecular formula is C10H15N3O. The number of hydrogen-bond donors (Lipinski definition) is 0. The Balaban J connectivity index is 2.11. The Hall–Kier alpha value is -1.08. The largest absolute Gasteiger partial charge is 0.398 e. The van der Waals surface area contributed by atoms with E-state index in [0.717, 1.165) is 6.54 Å². The van der Waals surface area contributed by atoms with Crippen LogP contribution < -0.4 is 0 Å². The molecule has 3 rings (SSSR count). The second-order valence-corrected chi connectivity index (χ2v) is 4.02. The zero-order chi connectivity index (χ0) is 9.97. The van der Waals surface area contributed by atoms with Gasteiger partial charge >= 0.3 is 0 Å². The topological polar surface area (TPSA) is 48.6 Å². The maximum absolute atomic E-state index is 8.96. The van der Waals surface area contributed by atoms with Gasteiger partial charge in [-0.25, -0.2) is 0 Å². The molecule has 4 heteroatoms. The summed E-state index contributed by atoms with van der Waals surface area (Å²) in [5.74, 6) is 0.955. The first-order valence-electron chi connectivity index (χ1n) is 5.08. The van der Waals surface area contributed by atoms with Crippen LogP contribution in [0.2, 0.25) is 0 Å². The quantitative estimate of drug-likeness (QED) is 0.482. The minimum Gasteiger partial charge on any atom is -0.398 e. The molecule has 0 spiro atoms. The molecule has 0 aliphatic carbocycles. The Kier molecular flexibility index (Phi) is 2.69. The second kappa shape index (κ2) is 3.97. The van der Waals surface area contributed by atoms with E-state index in [4.69, 9.17) is 10.1 Å². The number of hydrogen-bond acceptors (Lipinski definition) is 4.